The van der Waals surface area contributed by atoms with Crippen molar-refractivity contribution >= 4 is 10.9 Å². The van der Waals surface area contributed by atoms with Crippen molar-refractivity contribution in [3.8, 4) is 0 Å². The van der Waals surface area contributed by atoms with Crippen LogP contribution in [0.3, 0.4) is 0 Å². The first kappa shape index (κ1) is 12.7. The Kier molecular flexibility index (Phi) is 3.43. The summed E-state index contributed by atoms with van der Waals surface area (Å²) in [6, 6.07) is 7.08. The zero-order valence-electron chi connectivity index (χ0n) is 10.6. The molecule has 0 unspecified atom stereocenters. The summed E-state index contributed by atoms with van der Waals surface area (Å²) < 4.78 is 1.25. The molecular formula is C13H17N3O2. The van der Waals surface area contributed by atoms with Crippen molar-refractivity contribution in [3.63, 3.8) is 0 Å². The lowest BCUT2D eigenvalue weighted by Gasteiger charge is -2.24. The molecule has 1 heterocycles. The Labute approximate surface area is 105 Å². The molecule has 0 aliphatic heterocycles. The molecule has 0 saturated carbocycles. The van der Waals surface area contributed by atoms with Crippen molar-refractivity contribution in [1.82, 2.24) is 15.0 Å². The fourth-order valence-electron chi connectivity index (χ4n) is 1.88. The first-order valence-electron chi connectivity index (χ1n) is 6.14. The third-order valence-corrected chi connectivity index (χ3v) is 3.39. The number of hydrogen-bond acceptors (Lipinski definition) is 4. The minimum atomic E-state index is -0.902. The van der Waals surface area contributed by atoms with Crippen LogP contribution in [0.5, 0.6) is 0 Å². The summed E-state index contributed by atoms with van der Waals surface area (Å²) in [4.78, 5) is 12.2. The predicted octanol–water partition coefficient (Wildman–Crippen LogP) is 1.34. The molecule has 0 saturated heterocycles. The van der Waals surface area contributed by atoms with E-state index in [2.05, 4.69) is 10.3 Å². The summed E-state index contributed by atoms with van der Waals surface area (Å²) in [5, 5.41) is 18.7. The summed E-state index contributed by atoms with van der Waals surface area (Å²) in [6.07, 6.45) is 1.15. The molecular weight excluding hydrogens is 230 g/mol. The first-order valence-corrected chi connectivity index (χ1v) is 6.14. The van der Waals surface area contributed by atoms with Crippen LogP contribution in [0.1, 0.15) is 26.7 Å². The van der Waals surface area contributed by atoms with Crippen LogP contribution in [0, 0.1) is 0 Å². The van der Waals surface area contributed by atoms with Crippen molar-refractivity contribution < 1.29 is 5.11 Å². The van der Waals surface area contributed by atoms with Crippen LogP contribution in [0.25, 0.3) is 10.9 Å². The maximum atomic E-state index is 12.2. The number of fused-ring (bicyclic) bond motifs is 1. The van der Waals surface area contributed by atoms with Gasteiger partial charge in [-0.25, -0.2) is 4.68 Å². The van der Waals surface area contributed by atoms with Gasteiger partial charge in [0.25, 0.3) is 5.56 Å². The van der Waals surface area contributed by atoms with Crippen LogP contribution >= 0.6 is 0 Å². The van der Waals surface area contributed by atoms with Crippen molar-refractivity contribution in [2.24, 2.45) is 0 Å². The van der Waals surface area contributed by atoms with Crippen LogP contribution in [0.4, 0.5) is 0 Å². The van der Waals surface area contributed by atoms with Gasteiger partial charge in [0.2, 0.25) is 0 Å². The normalized spacial score (nSPS) is 11.9. The lowest BCUT2D eigenvalue weighted by atomic mass is 9.98. The number of rotatable bonds is 4. The second-order valence-corrected chi connectivity index (χ2v) is 4.50. The molecule has 2 rings (SSSR count). The van der Waals surface area contributed by atoms with Crippen molar-refractivity contribution in [1.29, 1.82) is 0 Å². The van der Waals surface area contributed by atoms with E-state index in [-0.39, 0.29) is 12.1 Å². The smallest absolute Gasteiger partial charge is 0.277 e. The van der Waals surface area contributed by atoms with Gasteiger partial charge in [-0.15, -0.1) is 5.10 Å². The minimum Gasteiger partial charge on any atom is -0.388 e. The number of aliphatic hydroxyl groups is 1. The molecule has 5 heteroatoms. The highest BCUT2D eigenvalue weighted by molar-refractivity contribution is 5.76. The van der Waals surface area contributed by atoms with Crippen LogP contribution in [0.2, 0.25) is 0 Å². The van der Waals surface area contributed by atoms with Crippen LogP contribution in [-0.4, -0.2) is 25.7 Å². The van der Waals surface area contributed by atoms with E-state index in [1.807, 2.05) is 19.9 Å². The molecule has 18 heavy (non-hydrogen) atoms. The summed E-state index contributed by atoms with van der Waals surface area (Å²) >= 11 is 0. The van der Waals surface area contributed by atoms with Gasteiger partial charge >= 0.3 is 0 Å². The first-order chi connectivity index (χ1) is 8.59. The average Bonchev–Trinajstić information content (AvgIpc) is 2.42. The number of hydrogen-bond donors (Lipinski definition) is 1. The molecule has 2 aromatic rings. The maximum absolute atomic E-state index is 12.2. The van der Waals surface area contributed by atoms with Gasteiger partial charge < -0.3 is 5.11 Å². The van der Waals surface area contributed by atoms with E-state index < -0.39 is 5.60 Å². The summed E-state index contributed by atoms with van der Waals surface area (Å²) in [6.45, 7) is 3.96. The highest BCUT2D eigenvalue weighted by Crippen LogP contribution is 2.16. The van der Waals surface area contributed by atoms with Gasteiger partial charge in [0, 0.05) is 0 Å². The van der Waals surface area contributed by atoms with E-state index in [1.54, 1.807) is 18.2 Å². The van der Waals surface area contributed by atoms with Gasteiger partial charge in [-0.1, -0.05) is 31.2 Å². The summed E-state index contributed by atoms with van der Waals surface area (Å²) in [5.41, 5.74) is -0.530. The molecule has 96 valence electrons. The molecule has 0 aliphatic carbocycles. The molecule has 0 amide bonds. The fourth-order valence-corrected chi connectivity index (χ4v) is 1.88. The lowest BCUT2D eigenvalue weighted by Crippen LogP contribution is -2.38. The maximum Gasteiger partial charge on any atom is 0.277 e. The highest BCUT2D eigenvalue weighted by atomic mass is 16.3. The van der Waals surface area contributed by atoms with E-state index >= 15 is 0 Å². The average molecular weight is 247 g/mol. The SMILES string of the molecule is CCC(O)(CC)Cn1nnc2ccccc2c1=O. The molecule has 1 aromatic carbocycles. The van der Waals surface area contributed by atoms with Gasteiger partial charge in [-0.3, -0.25) is 4.79 Å². The van der Waals surface area contributed by atoms with E-state index in [9.17, 15) is 9.90 Å². The minimum absolute atomic E-state index is 0.177. The van der Waals surface area contributed by atoms with Gasteiger partial charge in [0.15, 0.2) is 0 Å². The highest BCUT2D eigenvalue weighted by Gasteiger charge is 2.24. The molecule has 0 spiro atoms. The molecule has 0 aliphatic rings. The third-order valence-electron chi connectivity index (χ3n) is 3.39. The Hall–Kier alpha value is -1.75. The Morgan fingerprint density at radius 2 is 1.94 bits per heavy atom. The summed E-state index contributed by atoms with van der Waals surface area (Å²) in [5.74, 6) is 0. The standard InChI is InChI=1S/C13H17N3O2/c1-3-13(18,4-2)9-16-12(17)10-7-5-6-8-11(10)14-15-16/h5-8,18H,3-4,9H2,1-2H3. The van der Waals surface area contributed by atoms with Crippen molar-refractivity contribution in [3.05, 3.63) is 34.6 Å². The van der Waals surface area contributed by atoms with Gasteiger partial charge in [-0.05, 0) is 25.0 Å². The molecule has 5 nitrogen and oxygen atoms in total. The molecule has 1 aromatic heterocycles. The van der Waals surface area contributed by atoms with E-state index in [0.29, 0.717) is 23.7 Å². The van der Waals surface area contributed by atoms with Gasteiger partial charge in [0.05, 0.1) is 17.5 Å². The lowest BCUT2D eigenvalue weighted by molar-refractivity contribution is 0.00994. The van der Waals surface area contributed by atoms with Crippen molar-refractivity contribution in [2.75, 3.05) is 0 Å². The van der Waals surface area contributed by atoms with Crippen LogP contribution < -0.4 is 5.56 Å². The van der Waals surface area contributed by atoms with E-state index in [0.717, 1.165) is 0 Å². The molecule has 1 N–H and O–H groups in total. The van der Waals surface area contributed by atoms with E-state index in [1.165, 1.54) is 4.68 Å². The molecule has 0 bridgehead atoms. The quantitative estimate of drug-likeness (QED) is 0.885. The third kappa shape index (κ3) is 2.26. The number of aromatic nitrogens is 3. The number of nitrogens with zero attached hydrogens (tertiary/aromatic N) is 3. The largest absolute Gasteiger partial charge is 0.388 e. The molecule has 0 atom stereocenters. The second kappa shape index (κ2) is 4.86. The zero-order chi connectivity index (χ0) is 13.2. The Morgan fingerprint density at radius 3 is 2.61 bits per heavy atom. The predicted molar refractivity (Wildman–Crippen MR) is 69.3 cm³/mol. The monoisotopic (exact) mass is 247 g/mol. The Bertz CT molecular complexity index is 602. The van der Waals surface area contributed by atoms with E-state index in [4.69, 9.17) is 0 Å². The fraction of sp³-hybridized carbons (Fsp3) is 0.462. The topological polar surface area (TPSA) is 68.0 Å². The van der Waals surface area contributed by atoms with Gasteiger partial charge in [0.1, 0.15) is 5.52 Å². The molecule has 0 fully saturated rings. The van der Waals surface area contributed by atoms with Crippen LogP contribution in [-0.2, 0) is 6.54 Å². The Morgan fingerprint density at radius 1 is 1.28 bits per heavy atom. The van der Waals surface area contributed by atoms with Crippen LogP contribution in [0.15, 0.2) is 29.1 Å². The Balaban J connectivity index is 2.47. The number of benzene rings is 1. The molecule has 0 radical (unpaired) electrons. The second-order valence-electron chi connectivity index (χ2n) is 4.50. The summed E-state index contributed by atoms with van der Waals surface area (Å²) in [7, 11) is 0. The van der Waals surface area contributed by atoms with Gasteiger partial charge in [-0.2, -0.15) is 0 Å². The van der Waals surface area contributed by atoms with Crippen molar-refractivity contribution in [2.45, 2.75) is 38.8 Å². The zero-order valence-corrected chi connectivity index (χ0v) is 10.6.